The van der Waals surface area contributed by atoms with E-state index in [-0.39, 0.29) is 18.1 Å². The Morgan fingerprint density at radius 1 is 1.08 bits per heavy atom. The van der Waals surface area contributed by atoms with E-state index in [9.17, 15) is 4.79 Å². The molecule has 0 aromatic heterocycles. The minimum Gasteiger partial charge on any atom is -0.496 e. The van der Waals surface area contributed by atoms with Gasteiger partial charge in [-0.2, -0.15) is 0 Å². The Labute approximate surface area is 143 Å². The topological polar surface area (TPSA) is 47.6 Å². The zero-order valence-corrected chi connectivity index (χ0v) is 14.7. The summed E-state index contributed by atoms with van der Waals surface area (Å²) in [6, 6.07) is 15.2. The van der Waals surface area contributed by atoms with E-state index in [1.54, 1.807) is 19.2 Å². The molecule has 1 atom stereocenters. The molecule has 0 aliphatic rings. The standard InChI is InChI=1S/C20H25NO3/c1-14(2)24-13-18-12-17(10-11-19(18)23-4)20(22)21-15(3)16-8-6-5-7-9-16/h5-12,14-15H,13H2,1-4H3,(H,21,22). The van der Waals surface area contributed by atoms with Gasteiger partial charge in [0.2, 0.25) is 0 Å². The van der Waals surface area contributed by atoms with Crippen molar-refractivity contribution < 1.29 is 14.3 Å². The van der Waals surface area contributed by atoms with Crippen LogP contribution in [0.2, 0.25) is 0 Å². The molecule has 0 spiro atoms. The molecule has 1 amide bonds. The minimum atomic E-state index is -0.111. The van der Waals surface area contributed by atoms with E-state index in [2.05, 4.69) is 5.32 Å². The van der Waals surface area contributed by atoms with Crippen LogP contribution in [0.3, 0.4) is 0 Å². The van der Waals surface area contributed by atoms with Crippen LogP contribution in [-0.2, 0) is 11.3 Å². The number of methoxy groups -OCH3 is 1. The van der Waals surface area contributed by atoms with Crippen LogP contribution in [0.1, 0.15) is 48.3 Å². The molecule has 4 heteroatoms. The molecule has 2 rings (SSSR count). The molecule has 0 saturated carbocycles. The molecule has 0 aliphatic heterocycles. The fraction of sp³-hybridized carbons (Fsp3) is 0.350. The highest BCUT2D eigenvalue weighted by Crippen LogP contribution is 2.22. The predicted molar refractivity (Wildman–Crippen MR) is 95.2 cm³/mol. The lowest BCUT2D eigenvalue weighted by atomic mass is 10.1. The molecule has 0 radical (unpaired) electrons. The SMILES string of the molecule is COc1ccc(C(=O)NC(C)c2ccccc2)cc1COC(C)C. The van der Waals surface area contributed by atoms with Gasteiger partial charge < -0.3 is 14.8 Å². The maximum atomic E-state index is 12.5. The van der Waals surface area contributed by atoms with E-state index < -0.39 is 0 Å². The lowest BCUT2D eigenvalue weighted by Gasteiger charge is -2.16. The molecule has 128 valence electrons. The van der Waals surface area contributed by atoms with E-state index in [4.69, 9.17) is 9.47 Å². The summed E-state index contributed by atoms with van der Waals surface area (Å²) >= 11 is 0. The Morgan fingerprint density at radius 3 is 2.42 bits per heavy atom. The Morgan fingerprint density at radius 2 is 1.79 bits per heavy atom. The van der Waals surface area contributed by atoms with Crippen LogP contribution in [0.15, 0.2) is 48.5 Å². The summed E-state index contributed by atoms with van der Waals surface area (Å²) in [5.41, 5.74) is 2.54. The molecule has 0 heterocycles. The normalized spacial score (nSPS) is 12.0. The number of rotatable bonds is 7. The second kappa shape index (κ2) is 8.50. The highest BCUT2D eigenvalue weighted by molar-refractivity contribution is 5.94. The van der Waals surface area contributed by atoms with E-state index in [0.29, 0.717) is 12.2 Å². The highest BCUT2D eigenvalue weighted by Gasteiger charge is 2.14. The molecular formula is C20H25NO3. The van der Waals surface area contributed by atoms with Crippen LogP contribution in [0, 0.1) is 0 Å². The van der Waals surface area contributed by atoms with Gasteiger partial charge in [0.05, 0.1) is 25.9 Å². The van der Waals surface area contributed by atoms with Gasteiger partial charge in [0.25, 0.3) is 5.91 Å². The molecule has 0 saturated heterocycles. The molecule has 0 aliphatic carbocycles. The highest BCUT2D eigenvalue weighted by atomic mass is 16.5. The van der Waals surface area contributed by atoms with Crippen molar-refractivity contribution in [3.63, 3.8) is 0 Å². The Bertz CT molecular complexity index is 668. The monoisotopic (exact) mass is 327 g/mol. The van der Waals surface area contributed by atoms with Gasteiger partial charge >= 0.3 is 0 Å². The lowest BCUT2D eigenvalue weighted by Crippen LogP contribution is -2.26. The molecule has 0 fully saturated rings. The van der Waals surface area contributed by atoms with Crippen LogP contribution in [0.5, 0.6) is 5.75 Å². The third kappa shape index (κ3) is 4.83. The molecule has 1 unspecified atom stereocenters. The fourth-order valence-electron chi connectivity index (χ4n) is 2.39. The van der Waals surface area contributed by atoms with Gasteiger partial charge in [-0.05, 0) is 44.5 Å². The van der Waals surface area contributed by atoms with Crippen molar-refractivity contribution in [2.45, 2.75) is 39.5 Å². The first-order valence-corrected chi connectivity index (χ1v) is 8.15. The first kappa shape index (κ1) is 18.0. The second-order valence-electron chi connectivity index (χ2n) is 5.99. The average Bonchev–Trinajstić information content (AvgIpc) is 2.60. The van der Waals surface area contributed by atoms with Crippen molar-refractivity contribution in [1.82, 2.24) is 5.32 Å². The van der Waals surface area contributed by atoms with Gasteiger partial charge in [0.15, 0.2) is 0 Å². The molecule has 2 aromatic carbocycles. The number of hydrogen-bond donors (Lipinski definition) is 1. The van der Waals surface area contributed by atoms with Crippen molar-refractivity contribution in [1.29, 1.82) is 0 Å². The minimum absolute atomic E-state index is 0.0591. The molecule has 4 nitrogen and oxygen atoms in total. The van der Waals surface area contributed by atoms with E-state index in [0.717, 1.165) is 16.9 Å². The van der Waals surface area contributed by atoms with Gasteiger partial charge in [-0.1, -0.05) is 30.3 Å². The number of hydrogen-bond acceptors (Lipinski definition) is 3. The quantitative estimate of drug-likeness (QED) is 0.832. The number of amides is 1. The molecule has 24 heavy (non-hydrogen) atoms. The molecule has 0 bridgehead atoms. The van der Waals surface area contributed by atoms with Gasteiger partial charge in [-0.3, -0.25) is 4.79 Å². The number of ether oxygens (including phenoxy) is 2. The number of carbonyl (C=O) groups excluding carboxylic acids is 1. The van der Waals surface area contributed by atoms with Crippen LogP contribution in [0.4, 0.5) is 0 Å². The van der Waals surface area contributed by atoms with Crippen molar-refractivity contribution in [3.05, 3.63) is 65.2 Å². The number of carbonyl (C=O) groups is 1. The Kier molecular flexibility index (Phi) is 6.38. The van der Waals surface area contributed by atoms with Gasteiger partial charge in [-0.15, -0.1) is 0 Å². The Hall–Kier alpha value is -2.33. The molecule has 1 N–H and O–H groups in total. The summed E-state index contributed by atoms with van der Waals surface area (Å²) in [5.74, 6) is 0.614. The summed E-state index contributed by atoms with van der Waals surface area (Å²) in [4.78, 5) is 12.5. The van der Waals surface area contributed by atoms with Crippen LogP contribution in [0.25, 0.3) is 0 Å². The maximum Gasteiger partial charge on any atom is 0.251 e. The third-order valence-electron chi connectivity index (χ3n) is 3.76. The zero-order valence-electron chi connectivity index (χ0n) is 14.7. The Balaban J connectivity index is 2.12. The summed E-state index contributed by atoms with van der Waals surface area (Å²) in [5, 5.41) is 3.02. The third-order valence-corrected chi connectivity index (χ3v) is 3.76. The number of nitrogens with one attached hydrogen (secondary N) is 1. The summed E-state index contributed by atoms with van der Waals surface area (Å²) in [6.07, 6.45) is 0.116. The smallest absolute Gasteiger partial charge is 0.251 e. The summed E-state index contributed by atoms with van der Waals surface area (Å²) < 4.78 is 11.0. The predicted octanol–water partition coefficient (Wildman–Crippen LogP) is 4.11. The van der Waals surface area contributed by atoms with Crippen molar-refractivity contribution in [2.75, 3.05) is 7.11 Å². The summed E-state index contributed by atoms with van der Waals surface area (Å²) in [7, 11) is 1.62. The van der Waals surface area contributed by atoms with Crippen molar-refractivity contribution in [2.24, 2.45) is 0 Å². The number of benzene rings is 2. The lowest BCUT2D eigenvalue weighted by molar-refractivity contribution is 0.0644. The van der Waals surface area contributed by atoms with Crippen LogP contribution in [-0.4, -0.2) is 19.1 Å². The maximum absolute atomic E-state index is 12.5. The first-order valence-electron chi connectivity index (χ1n) is 8.15. The van der Waals surface area contributed by atoms with Crippen molar-refractivity contribution >= 4 is 5.91 Å². The first-order chi connectivity index (χ1) is 11.5. The second-order valence-corrected chi connectivity index (χ2v) is 5.99. The van der Waals surface area contributed by atoms with Gasteiger partial charge in [0, 0.05) is 11.1 Å². The summed E-state index contributed by atoms with van der Waals surface area (Å²) in [6.45, 7) is 6.34. The van der Waals surface area contributed by atoms with Crippen LogP contribution >= 0.6 is 0 Å². The molecular weight excluding hydrogens is 302 g/mol. The molecule has 2 aromatic rings. The van der Waals surface area contributed by atoms with E-state index in [1.807, 2.05) is 57.2 Å². The average molecular weight is 327 g/mol. The fourth-order valence-corrected chi connectivity index (χ4v) is 2.39. The largest absolute Gasteiger partial charge is 0.496 e. The van der Waals surface area contributed by atoms with E-state index in [1.165, 1.54) is 0 Å². The van der Waals surface area contributed by atoms with Crippen molar-refractivity contribution in [3.8, 4) is 5.75 Å². The van der Waals surface area contributed by atoms with E-state index >= 15 is 0 Å². The van der Waals surface area contributed by atoms with Crippen LogP contribution < -0.4 is 10.1 Å². The van der Waals surface area contributed by atoms with Gasteiger partial charge in [-0.25, -0.2) is 0 Å². The zero-order chi connectivity index (χ0) is 17.5. The van der Waals surface area contributed by atoms with Gasteiger partial charge in [0.1, 0.15) is 5.75 Å².